The molecule has 31 heavy (non-hydrogen) atoms. The Morgan fingerprint density at radius 1 is 1.13 bits per heavy atom. The van der Waals surface area contributed by atoms with Crippen molar-refractivity contribution in [1.29, 1.82) is 0 Å². The van der Waals surface area contributed by atoms with Crippen molar-refractivity contribution in [1.82, 2.24) is 5.32 Å². The molecule has 1 heterocycles. The largest absolute Gasteiger partial charge is 0.497 e. The van der Waals surface area contributed by atoms with Crippen LogP contribution in [0.3, 0.4) is 0 Å². The van der Waals surface area contributed by atoms with Gasteiger partial charge in [-0.25, -0.2) is 9.59 Å². The maximum absolute atomic E-state index is 12.1. The van der Waals surface area contributed by atoms with Crippen LogP contribution in [-0.2, 0) is 9.59 Å². The Morgan fingerprint density at radius 3 is 2.48 bits per heavy atom. The molecule has 0 spiro atoms. The molecule has 0 saturated carbocycles. The van der Waals surface area contributed by atoms with Gasteiger partial charge in [0.25, 0.3) is 5.91 Å². The highest BCUT2D eigenvalue weighted by molar-refractivity contribution is 7.98. The van der Waals surface area contributed by atoms with E-state index in [-0.39, 0.29) is 12.4 Å². The van der Waals surface area contributed by atoms with Gasteiger partial charge in [-0.05, 0) is 41.6 Å². The Labute approximate surface area is 182 Å². The number of rotatable bonds is 9. The highest BCUT2D eigenvalue weighted by atomic mass is 32.2. The summed E-state index contributed by atoms with van der Waals surface area (Å²) in [5, 5.41) is 12.2. The standard InChI is InChI=1S/C22H21NO7S/c1-28-14-5-3-13(4-6-14)17-10-21(25)30-19-9-15(7-8-16(17)19)29-11-20(24)23-18(12-31-2)22(26)27/h3-10,18H,11-12H2,1-2H3,(H,23,24)(H,26,27)/t18-/m1/s1. The number of ether oxygens (including phenoxy) is 2. The van der Waals surface area contributed by atoms with Gasteiger partial charge < -0.3 is 24.3 Å². The quantitative estimate of drug-likeness (QED) is 0.485. The van der Waals surface area contributed by atoms with Crippen molar-refractivity contribution in [2.75, 3.05) is 25.7 Å². The Morgan fingerprint density at radius 2 is 1.84 bits per heavy atom. The van der Waals surface area contributed by atoms with E-state index in [2.05, 4.69) is 5.32 Å². The third-order valence-corrected chi connectivity index (χ3v) is 5.12. The van der Waals surface area contributed by atoms with Crippen LogP contribution >= 0.6 is 11.8 Å². The number of nitrogens with one attached hydrogen (secondary N) is 1. The van der Waals surface area contributed by atoms with Crippen molar-refractivity contribution in [3.05, 3.63) is 59.0 Å². The fourth-order valence-electron chi connectivity index (χ4n) is 2.97. The molecule has 3 rings (SSSR count). The number of amides is 1. The van der Waals surface area contributed by atoms with E-state index < -0.39 is 23.5 Å². The van der Waals surface area contributed by atoms with E-state index in [1.807, 2.05) is 12.1 Å². The molecule has 1 aromatic heterocycles. The third-order valence-electron chi connectivity index (χ3n) is 4.45. The van der Waals surface area contributed by atoms with Crippen molar-refractivity contribution in [2.24, 2.45) is 0 Å². The summed E-state index contributed by atoms with van der Waals surface area (Å²) in [5.74, 6) is -0.408. The minimum Gasteiger partial charge on any atom is -0.497 e. The Hall–Kier alpha value is -3.46. The van der Waals surface area contributed by atoms with Gasteiger partial charge in [0.1, 0.15) is 23.1 Å². The molecule has 9 heteroatoms. The lowest BCUT2D eigenvalue weighted by atomic mass is 10.0. The molecular formula is C22H21NO7S. The molecule has 0 aliphatic heterocycles. The van der Waals surface area contributed by atoms with E-state index in [1.54, 1.807) is 37.6 Å². The van der Waals surface area contributed by atoms with Crippen molar-refractivity contribution in [2.45, 2.75) is 6.04 Å². The fourth-order valence-corrected chi connectivity index (χ4v) is 3.53. The number of hydrogen-bond acceptors (Lipinski definition) is 7. The van der Waals surface area contributed by atoms with Gasteiger partial charge in [0.15, 0.2) is 6.61 Å². The van der Waals surface area contributed by atoms with E-state index in [0.717, 1.165) is 5.56 Å². The highest BCUT2D eigenvalue weighted by Gasteiger charge is 2.19. The molecule has 0 bridgehead atoms. The van der Waals surface area contributed by atoms with Gasteiger partial charge in [-0.1, -0.05) is 12.1 Å². The van der Waals surface area contributed by atoms with Crippen LogP contribution in [0.2, 0.25) is 0 Å². The summed E-state index contributed by atoms with van der Waals surface area (Å²) in [6.07, 6.45) is 1.75. The zero-order chi connectivity index (χ0) is 22.4. The summed E-state index contributed by atoms with van der Waals surface area (Å²) in [6, 6.07) is 12.6. The number of fused-ring (bicyclic) bond motifs is 1. The normalized spacial score (nSPS) is 11.7. The van der Waals surface area contributed by atoms with Crippen LogP contribution in [0, 0.1) is 0 Å². The number of thioether (sulfide) groups is 1. The summed E-state index contributed by atoms with van der Waals surface area (Å²) >= 11 is 1.31. The molecule has 162 valence electrons. The van der Waals surface area contributed by atoms with Crippen LogP contribution in [0.5, 0.6) is 11.5 Å². The number of carboxylic acid groups (broad SMARTS) is 1. The summed E-state index contributed by atoms with van der Waals surface area (Å²) in [4.78, 5) is 35.2. The van der Waals surface area contributed by atoms with Gasteiger partial charge in [-0.2, -0.15) is 11.8 Å². The SMILES string of the molecule is COc1ccc(-c2cc(=O)oc3cc(OCC(=O)N[C@H](CSC)C(=O)O)ccc23)cc1. The molecule has 0 saturated heterocycles. The fraction of sp³-hybridized carbons (Fsp3) is 0.227. The lowest BCUT2D eigenvalue weighted by Crippen LogP contribution is -2.44. The van der Waals surface area contributed by atoms with Crippen LogP contribution in [0.15, 0.2) is 57.7 Å². The van der Waals surface area contributed by atoms with Crippen LogP contribution < -0.4 is 20.4 Å². The summed E-state index contributed by atoms with van der Waals surface area (Å²) in [6.45, 7) is -0.369. The third kappa shape index (κ3) is 5.58. The molecular weight excluding hydrogens is 422 g/mol. The average Bonchev–Trinajstić information content (AvgIpc) is 2.76. The maximum Gasteiger partial charge on any atom is 0.336 e. The van der Waals surface area contributed by atoms with E-state index >= 15 is 0 Å². The maximum atomic E-state index is 12.1. The molecule has 3 aromatic rings. The molecule has 1 amide bonds. The molecule has 0 radical (unpaired) electrons. The van der Waals surface area contributed by atoms with Gasteiger partial charge in [0.2, 0.25) is 0 Å². The number of methoxy groups -OCH3 is 1. The van der Waals surface area contributed by atoms with E-state index in [0.29, 0.717) is 28.0 Å². The molecule has 2 N–H and O–H groups in total. The monoisotopic (exact) mass is 443 g/mol. The molecule has 0 aliphatic carbocycles. The molecule has 8 nitrogen and oxygen atoms in total. The lowest BCUT2D eigenvalue weighted by Gasteiger charge is -2.14. The van der Waals surface area contributed by atoms with Crippen molar-refractivity contribution in [3.63, 3.8) is 0 Å². The first-order chi connectivity index (χ1) is 14.9. The lowest BCUT2D eigenvalue weighted by molar-refractivity contribution is -0.141. The van der Waals surface area contributed by atoms with E-state index in [4.69, 9.17) is 19.0 Å². The summed E-state index contributed by atoms with van der Waals surface area (Å²) in [7, 11) is 1.58. The topological polar surface area (TPSA) is 115 Å². The van der Waals surface area contributed by atoms with Gasteiger partial charge in [0, 0.05) is 23.3 Å². The first-order valence-corrected chi connectivity index (χ1v) is 10.7. The van der Waals surface area contributed by atoms with Crippen LogP contribution in [0.25, 0.3) is 22.1 Å². The second-order valence-electron chi connectivity index (χ2n) is 6.57. The number of carbonyl (C=O) groups is 2. The minimum absolute atomic E-state index is 0.246. The minimum atomic E-state index is -1.11. The second-order valence-corrected chi connectivity index (χ2v) is 7.48. The zero-order valence-corrected chi connectivity index (χ0v) is 17.7. The smallest absolute Gasteiger partial charge is 0.336 e. The van der Waals surface area contributed by atoms with Crippen LogP contribution in [-0.4, -0.2) is 48.8 Å². The van der Waals surface area contributed by atoms with Crippen molar-refractivity contribution in [3.8, 4) is 22.6 Å². The first kappa shape index (κ1) is 22.2. The Balaban J connectivity index is 1.79. The van der Waals surface area contributed by atoms with Gasteiger partial charge in [-0.15, -0.1) is 0 Å². The number of carbonyl (C=O) groups excluding carboxylic acids is 1. The Kier molecular flexibility index (Phi) is 7.19. The predicted molar refractivity (Wildman–Crippen MR) is 118 cm³/mol. The number of hydrogen-bond donors (Lipinski definition) is 2. The number of aliphatic carboxylic acids is 1. The molecule has 0 aliphatic rings. The van der Waals surface area contributed by atoms with Gasteiger partial charge in [0.05, 0.1) is 7.11 Å². The van der Waals surface area contributed by atoms with Gasteiger partial charge in [-0.3, -0.25) is 4.79 Å². The molecule has 0 fully saturated rings. The molecule has 2 aromatic carbocycles. The van der Waals surface area contributed by atoms with Crippen LogP contribution in [0.4, 0.5) is 0 Å². The van der Waals surface area contributed by atoms with Crippen molar-refractivity contribution >= 4 is 34.6 Å². The summed E-state index contributed by atoms with van der Waals surface area (Å²) in [5.41, 5.74) is 1.30. The van der Waals surface area contributed by atoms with E-state index in [9.17, 15) is 14.4 Å². The molecule has 0 unspecified atom stereocenters. The number of carboxylic acids is 1. The molecule has 1 atom stereocenters. The van der Waals surface area contributed by atoms with Gasteiger partial charge >= 0.3 is 11.6 Å². The zero-order valence-electron chi connectivity index (χ0n) is 16.9. The second kappa shape index (κ2) is 10.0. The number of benzene rings is 2. The van der Waals surface area contributed by atoms with Crippen LogP contribution in [0.1, 0.15) is 0 Å². The predicted octanol–water partition coefficient (Wildman–Crippen LogP) is 2.78. The summed E-state index contributed by atoms with van der Waals surface area (Å²) < 4.78 is 15.9. The first-order valence-electron chi connectivity index (χ1n) is 9.27. The Bertz CT molecular complexity index is 1140. The van der Waals surface area contributed by atoms with Crippen molar-refractivity contribution < 1.29 is 28.6 Å². The van der Waals surface area contributed by atoms with E-state index in [1.165, 1.54) is 23.9 Å². The average molecular weight is 443 g/mol. The highest BCUT2D eigenvalue weighted by Crippen LogP contribution is 2.30.